The molecule has 0 radical (unpaired) electrons. The van der Waals surface area contributed by atoms with Crippen molar-refractivity contribution in [1.29, 1.82) is 0 Å². The molecule has 144 valence electrons. The fraction of sp³-hybridized carbons (Fsp3) is 0.391. The van der Waals surface area contributed by atoms with Crippen molar-refractivity contribution in [3.8, 4) is 0 Å². The SMILES string of the molecule is C=C(C)C(=O)OCC(C)C1=CC=C(C2=CC=C(OC(=O)C(=C)C)CC2)CC1. The van der Waals surface area contributed by atoms with Crippen molar-refractivity contribution in [1.82, 2.24) is 0 Å². The Bertz CT molecular complexity index is 774. The topological polar surface area (TPSA) is 52.6 Å². The van der Waals surface area contributed by atoms with Crippen molar-refractivity contribution >= 4 is 11.9 Å². The van der Waals surface area contributed by atoms with Crippen LogP contribution in [0.2, 0.25) is 0 Å². The summed E-state index contributed by atoms with van der Waals surface area (Å²) in [6.07, 6.45) is 11.7. The number of hydrogen-bond donors (Lipinski definition) is 0. The number of allylic oxidation sites excluding steroid dienone is 7. The lowest BCUT2D eigenvalue weighted by atomic mass is 9.85. The molecule has 0 N–H and O–H groups in total. The normalized spacial score (nSPS) is 17.6. The van der Waals surface area contributed by atoms with E-state index in [2.05, 4.69) is 32.2 Å². The third kappa shape index (κ3) is 5.95. The van der Waals surface area contributed by atoms with Crippen LogP contribution in [-0.2, 0) is 19.1 Å². The van der Waals surface area contributed by atoms with E-state index in [-0.39, 0.29) is 17.9 Å². The van der Waals surface area contributed by atoms with Crippen LogP contribution < -0.4 is 0 Å². The molecule has 4 nitrogen and oxygen atoms in total. The van der Waals surface area contributed by atoms with Gasteiger partial charge in [0.05, 0.1) is 6.61 Å². The zero-order valence-corrected chi connectivity index (χ0v) is 16.5. The minimum atomic E-state index is -0.371. The fourth-order valence-corrected chi connectivity index (χ4v) is 2.94. The monoisotopic (exact) mass is 368 g/mol. The first kappa shape index (κ1) is 20.7. The van der Waals surface area contributed by atoms with E-state index in [1.807, 2.05) is 12.2 Å². The van der Waals surface area contributed by atoms with E-state index in [1.165, 1.54) is 16.7 Å². The van der Waals surface area contributed by atoms with Crippen molar-refractivity contribution in [2.45, 2.75) is 46.5 Å². The predicted molar refractivity (Wildman–Crippen MR) is 107 cm³/mol. The van der Waals surface area contributed by atoms with E-state index in [4.69, 9.17) is 9.47 Å². The minimum Gasteiger partial charge on any atom is -0.462 e. The molecule has 1 unspecified atom stereocenters. The van der Waals surface area contributed by atoms with Crippen molar-refractivity contribution in [2.75, 3.05) is 6.61 Å². The van der Waals surface area contributed by atoms with Gasteiger partial charge in [0.2, 0.25) is 0 Å². The molecule has 2 aliphatic rings. The number of carbonyl (C=O) groups excluding carboxylic acids is 2. The van der Waals surface area contributed by atoms with Gasteiger partial charge in [0, 0.05) is 23.5 Å². The van der Waals surface area contributed by atoms with E-state index in [9.17, 15) is 9.59 Å². The molecule has 0 spiro atoms. The predicted octanol–water partition coefficient (Wildman–Crippen LogP) is 5.11. The highest BCUT2D eigenvalue weighted by molar-refractivity contribution is 5.87. The largest absolute Gasteiger partial charge is 0.462 e. The molecule has 0 aromatic heterocycles. The van der Waals surface area contributed by atoms with Crippen molar-refractivity contribution < 1.29 is 19.1 Å². The van der Waals surface area contributed by atoms with Crippen LogP contribution in [0.5, 0.6) is 0 Å². The van der Waals surface area contributed by atoms with Crippen molar-refractivity contribution in [3.63, 3.8) is 0 Å². The average Bonchev–Trinajstić information content (AvgIpc) is 2.66. The summed E-state index contributed by atoms with van der Waals surface area (Å²) in [5, 5.41) is 0. The first-order valence-corrected chi connectivity index (χ1v) is 9.28. The summed E-state index contributed by atoms with van der Waals surface area (Å²) < 4.78 is 10.6. The Morgan fingerprint density at radius 2 is 1.52 bits per heavy atom. The summed E-state index contributed by atoms with van der Waals surface area (Å²) in [6, 6.07) is 0. The second-order valence-electron chi connectivity index (χ2n) is 7.21. The van der Waals surface area contributed by atoms with Gasteiger partial charge in [0.25, 0.3) is 0 Å². The summed E-state index contributed by atoms with van der Waals surface area (Å²) in [4.78, 5) is 23.1. The molecule has 2 aliphatic carbocycles. The van der Waals surface area contributed by atoms with Gasteiger partial charge in [-0.05, 0) is 50.3 Å². The van der Waals surface area contributed by atoms with E-state index in [0.29, 0.717) is 29.9 Å². The smallest absolute Gasteiger partial charge is 0.338 e. The van der Waals surface area contributed by atoms with Crippen LogP contribution in [0.4, 0.5) is 0 Å². The Labute approximate surface area is 161 Å². The molecule has 0 heterocycles. The van der Waals surface area contributed by atoms with Gasteiger partial charge >= 0.3 is 11.9 Å². The van der Waals surface area contributed by atoms with Gasteiger partial charge < -0.3 is 9.47 Å². The Kier molecular flexibility index (Phi) is 7.17. The first-order valence-electron chi connectivity index (χ1n) is 9.28. The van der Waals surface area contributed by atoms with Gasteiger partial charge in [0.1, 0.15) is 5.76 Å². The molecule has 1 atom stereocenters. The zero-order chi connectivity index (χ0) is 20.0. The summed E-state index contributed by atoms with van der Waals surface area (Å²) in [7, 11) is 0. The van der Waals surface area contributed by atoms with Crippen LogP contribution in [0.1, 0.15) is 46.5 Å². The van der Waals surface area contributed by atoms with Crippen molar-refractivity contribution in [3.05, 3.63) is 71.1 Å². The molecule has 0 aliphatic heterocycles. The van der Waals surface area contributed by atoms with Gasteiger partial charge in [0.15, 0.2) is 0 Å². The maximum Gasteiger partial charge on any atom is 0.338 e. The third-order valence-corrected chi connectivity index (χ3v) is 4.72. The molecule has 0 saturated heterocycles. The van der Waals surface area contributed by atoms with Gasteiger partial charge in [-0.1, -0.05) is 43.9 Å². The maximum absolute atomic E-state index is 11.6. The van der Waals surface area contributed by atoms with Crippen LogP contribution >= 0.6 is 0 Å². The molecular weight excluding hydrogens is 340 g/mol. The first-order chi connectivity index (χ1) is 12.8. The average molecular weight is 368 g/mol. The Balaban J connectivity index is 1.95. The molecule has 4 heteroatoms. The standard InChI is InChI=1S/C23H28O4/c1-15(2)22(24)26-14-17(5)18-6-8-19(9-7-18)20-10-12-21(13-11-20)27-23(25)16(3)4/h6,8,10,12,17H,1,3,7,9,11,13-14H2,2,4-5H3. The number of esters is 2. The molecule has 0 saturated carbocycles. The molecule has 2 rings (SSSR count). The Morgan fingerprint density at radius 3 is 2.00 bits per heavy atom. The second kappa shape index (κ2) is 9.36. The molecule has 0 fully saturated rings. The Hall–Kier alpha value is -2.62. The van der Waals surface area contributed by atoms with Gasteiger partial charge in [-0.15, -0.1) is 0 Å². The van der Waals surface area contributed by atoms with Crippen LogP contribution in [0.15, 0.2) is 71.1 Å². The molecule has 0 aromatic carbocycles. The van der Waals surface area contributed by atoms with Crippen LogP contribution in [-0.4, -0.2) is 18.5 Å². The van der Waals surface area contributed by atoms with E-state index >= 15 is 0 Å². The molecular formula is C23H28O4. The highest BCUT2D eigenvalue weighted by Crippen LogP contribution is 2.32. The van der Waals surface area contributed by atoms with E-state index in [0.717, 1.165) is 19.3 Å². The van der Waals surface area contributed by atoms with E-state index < -0.39 is 0 Å². The van der Waals surface area contributed by atoms with Gasteiger partial charge in [-0.3, -0.25) is 0 Å². The molecule has 27 heavy (non-hydrogen) atoms. The van der Waals surface area contributed by atoms with Crippen LogP contribution in [0, 0.1) is 5.92 Å². The lowest BCUT2D eigenvalue weighted by molar-refractivity contribution is -0.139. The summed E-state index contributed by atoms with van der Waals surface area (Å²) in [6.45, 7) is 12.9. The van der Waals surface area contributed by atoms with Crippen molar-refractivity contribution in [2.24, 2.45) is 5.92 Å². The summed E-state index contributed by atoms with van der Waals surface area (Å²) >= 11 is 0. The Morgan fingerprint density at radius 1 is 0.926 bits per heavy atom. The zero-order valence-electron chi connectivity index (χ0n) is 16.5. The van der Waals surface area contributed by atoms with E-state index in [1.54, 1.807) is 13.8 Å². The second-order valence-corrected chi connectivity index (χ2v) is 7.21. The van der Waals surface area contributed by atoms with Gasteiger partial charge in [-0.25, -0.2) is 9.59 Å². The lowest BCUT2D eigenvalue weighted by Gasteiger charge is -2.23. The highest BCUT2D eigenvalue weighted by atomic mass is 16.5. The lowest BCUT2D eigenvalue weighted by Crippen LogP contribution is -2.15. The van der Waals surface area contributed by atoms with Crippen LogP contribution in [0.25, 0.3) is 0 Å². The minimum absolute atomic E-state index is 0.194. The third-order valence-electron chi connectivity index (χ3n) is 4.72. The maximum atomic E-state index is 11.6. The number of ether oxygens (including phenoxy) is 2. The highest BCUT2D eigenvalue weighted by Gasteiger charge is 2.18. The summed E-state index contributed by atoms with van der Waals surface area (Å²) in [5.74, 6) is 0.174. The molecule has 0 bridgehead atoms. The number of hydrogen-bond acceptors (Lipinski definition) is 4. The quantitative estimate of drug-likeness (QED) is 0.463. The summed E-state index contributed by atoms with van der Waals surface area (Å²) in [5.41, 5.74) is 4.71. The molecule has 0 aromatic rings. The number of carbonyl (C=O) groups is 2. The number of rotatable bonds is 7. The fourth-order valence-electron chi connectivity index (χ4n) is 2.94. The van der Waals surface area contributed by atoms with Gasteiger partial charge in [-0.2, -0.15) is 0 Å². The molecule has 0 amide bonds. The van der Waals surface area contributed by atoms with Crippen LogP contribution in [0.3, 0.4) is 0 Å².